The summed E-state index contributed by atoms with van der Waals surface area (Å²) >= 11 is 0. The lowest BCUT2D eigenvalue weighted by Crippen LogP contribution is -2.28. The summed E-state index contributed by atoms with van der Waals surface area (Å²) in [4.78, 5) is 24.2. The molecule has 1 aromatic heterocycles. The van der Waals surface area contributed by atoms with Gasteiger partial charge in [0.2, 0.25) is 5.91 Å². The van der Waals surface area contributed by atoms with Gasteiger partial charge in [-0.15, -0.1) is 0 Å². The molecule has 31 heavy (non-hydrogen) atoms. The van der Waals surface area contributed by atoms with Gasteiger partial charge in [-0.05, 0) is 56.5 Å². The highest BCUT2D eigenvalue weighted by Gasteiger charge is 2.09. The van der Waals surface area contributed by atoms with Crippen LogP contribution in [0.4, 0.5) is 0 Å². The molecular weight excluding hydrogens is 390 g/mol. The van der Waals surface area contributed by atoms with Crippen molar-refractivity contribution in [2.24, 2.45) is 0 Å². The summed E-state index contributed by atoms with van der Waals surface area (Å²) in [5.74, 6) is -0.448. The Labute approximate surface area is 183 Å². The molecule has 3 rings (SSSR count). The summed E-state index contributed by atoms with van der Waals surface area (Å²) < 4.78 is 7.20. The molecule has 0 radical (unpaired) electrons. The molecule has 6 nitrogen and oxygen atoms in total. The van der Waals surface area contributed by atoms with E-state index in [9.17, 15) is 9.59 Å². The van der Waals surface area contributed by atoms with Crippen LogP contribution in [0.25, 0.3) is 0 Å². The van der Waals surface area contributed by atoms with E-state index >= 15 is 0 Å². The maximum atomic E-state index is 12.2. The largest absolute Gasteiger partial charge is 0.460 e. The molecule has 0 aliphatic heterocycles. The molecule has 0 unspecified atom stereocenters. The SMILES string of the molecule is Cc1ccc(CCC(=O)NCCOC(=O)c2ccc(Cn3nc(C)cc3C)cc2)cc1. The zero-order valence-corrected chi connectivity index (χ0v) is 18.4. The van der Waals surface area contributed by atoms with Gasteiger partial charge in [-0.1, -0.05) is 42.0 Å². The van der Waals surface area contributed by atoms with Crippen LogP contribution >= 0.6 is 0 Å². The number of aryl methyl sites for hydroxylation is 4. The van der Waals surface area contributed by atoms with Crippen molar-refractivity contribution in [1.29, 1.82) is 0 Å². The molecule has 0 saturated carbocycles. The van der Waals surface area contributed by atoms with Gasteiger partial charge in [0.1, 0.15) is 6.61 Å². The molecule has 3 aromatic rings. The third-order valence-electron chi connectivity index (χ3n) is 5.04. The summed E-state index contributed by atoms with van der Waals surface area (Å²) in [6.07, 6.45) is 1.10. The number of carbonyl (C=O) groups is 2. The lowest BCUT2D eigenvalue weighted by atomic mass is 10.1. The number of nitrogens with zero attached hydrogens (tertiary/aromatic N) is 2. The van der Waals surface area contributed by atoms with E-state index in [1.807, 2.05) is 67.9 Å². The highest BCUT2D eigenvalue weighted by Crippen LogP contribution is 2.10. The molecule has 1 N–H and O–H groups in total. The lowest BCUT2D eigenvalue weighted by Gasteiger charge is -2.08. The van der Waals surface area contributed by atoms with Crippen LogP contribution in [0.15, 0.2) is 54.6 Å². The molecule has 0 aliphatic rings. The summed E-state index contributed by atoms with van der Waals surface area (Å²) in [7, 11) is 0. The van der Waals surface area contributed by atoms with Gasteiger partial charge in [0.25, 0.3) is 0 Å². The molecule has 0 saturated heterocycles. The van der Waals surface area contributed by atoms with Crippen molar-refractivity contribution in [2.45, 2.75) is 40.2 Å². The Morgan fingerprint density at radius 1 is 0.968 bits per heavy atom. The van der Waals surface area contributed by atoms with Crippen LogP contribution in [0.3, 0.4) is 0 Å². The molecule has 6 heteroatoms. The van der Waals surface area contributed by atoms with Crippen molar-refractivity contribution in [3.05, 3.63) is 88.2 Å². The third-order valence-corrected chi connectivity index (χ3v) is 5.04. The molecule has 2 aromatic carbocycles. The predicted molar refractivity (Wildman–Crippen MR) is 120 cm³/mol. The van der Waals surface area contributed by atoms with E-state index in [2.05, 4.69) is 10.4 Å². The Hall–Kier alpha value is -3.41. The van der Waals surface area contributed by atoms with Crippen LogP contribution < -0.4 is 5.32 Å². The van der Waals surface area contributed by atoms with Gasteiger partial charge in [-0.25, -0.2) is 4.79 Å². The minimum Gasteiger partial charge on any atom is -0.460 e. The van der Waals surface area contributed by atoms with E-state index in [-0.39, 0.29) is 12.5 Å². The molecule has 0 fully saturated rings. The predicted octanol–water partition coefficient (Wildman–Crippen LogP) is 3.76. The van der Waals surface area contributed by atoms with Crippen LogP contribution in [-0.2, 0) is 22.5 Å². The maximum absolute atomic E-state index is 12.2. The van der Waals surface area contributed by atoms with E-state index in [1.165, 1.54) is 5.56 Å². The molecule has 0 atom stereocenters. The molecular formula is C25H29N3O3. The van der Waals surface area contributed by atoms with E-state index in [4.69, 9.17) is 4.74 Å². The zero-order chi connectivity index (χ0) is 22.2. The number of hydrogen-bond donors (Lipinski definition) is 1. The van der Waals surface area contributed by atoms with Crippen molar-refractivity contribution in [2.75, 3.05) is 13.2 Å². The highest BCUT2D eigenvalue weighted by atomic mass is 16.5. The number of aromatic nitrogens is 2. The Balaban J connectivity index is 1.36. The van der Waals surface area contributed by atoms with Crippen LogP contribution in [0, 0.1) is 20.8 Å². The van der Waals surface area contributed by atoms with E-state index in [0.717, 1.165) is 22.5 Å². The second-order valence-corrected chi connectivity index (χ2v) is 7.75. The number of benzene rings is 2. The lowest BCUT2D eigenvalue weighted by molar-refractivity contribution is -0.121. The Bertz CT molecular complexity index is 1020. The van der Waals surface area contributed by atoms with Gasteiger partial charge < -0.3 is 10.1 Å². The van der Waals surface area contributed by atoms with Crippen molar-refractivity contribution in [3.63, 3.8) is 0 Å². The first-order chi connectivity index (χ1) is 14.9. The number of nitrogens with one attached hydrogen (secondary N) is 1. The van der Waals surface area contributed by atoms with Gasteiger partial charge in [-0.3, -0.25) is 9.48 Å². The number of esters is 1. The molecule has 0 spiro atoms. The number of amides is 1. The summed E-state index contributed by atoms with van der Waals surface area (Å²) in [5, 5.41) is 7.24. The van der Waals surface area contributed by atoms with E-state index in [1.54, 1.807) is 12.1 Å². The number of rotatable bonds is 9. The molecule has 0 bridgehead atoms. The fourth-order valence-electron chi connectivity index (χ4n) is 3.27. The minimum absolute atomic E-state index is 0.0508. The number of carbonyl (C=O) groups excluding carboxylic acids is 2. The Morgan fingerprint density at radius 2 is 1.65 bits per heavy atom. The second kappa shape index (κ2) is 10.6. The van der Waals surface area contributed by atoms with Crippen LogP contribution in [0.5, 0.6) is 0 Å². The van der Waals surface area contributed by atoms with E-state index in [0.29, 0.717) is 31.5 Å². The maximum Gasteiger partial charge on any atom is 0.338 e. The Morgan fingerprint density at radius 3 is 2.29 bits per heavy atom. The van der Waals surface area contributed by atoms with Crippen LogP contribution in [-0.4, -0.2) is 34.8 Å². The van der Waals surface area contributed by atoms with Crippen LogP contribution in [0.1, 0.15) is 44.9 Å². The van der Waals surface area contributed by atoms with Crippen molar-refractivity contribution in [1.82, 2.24) is 15.1 Å². The van der Waals surface area contributed by atoms with Gasteiger partial charge >= 0.3 is 5.97 Å². The van der Waals surface area contributed by atoms with Crippen molar-refractivity contribution < 1.29 is 14.3 Å². The zero-order valence-electron chi connectivity index (χ0n) is 18.4. The fourth-order valence-corrected chi connectivity index (χ4v) is 3.27. The average molecular weight is 420 g/mol. The Kier molecular flexibility index (Phi) is 7.60. The minimum atomic E-state index is -0.397. The normalized spacial score (nSPS) is 10.7. The van der Waals surface area contributed by atoms with E-state index < -0.39 is 5.97 Å². The standard InChI is InChI=1S/C25H29N3O3/c1-18-4-6-21(7-5-18)10-13-24(29)26-14-15-31-25(30)23-11-8-22(9-12-23)17-28-20(3)16-19(2)27-28/h4-9,11-12,16H,10,13-15,17H2,1-3H3,(H,26,29). The molecule has 1 amide bonds. The van der Waals surface area contributed by atoms with Gasteiger partial charge in [0.15, 0.2) is 0 Å². The molecule has 162 valence electrons. The average Bonchev–Trinajstić information content (AvgIpc) is 3.07. The first kappa shape index (κ1) is 22.3. The van der Waals surface area contributed by atoms with Crippen molar-refractivity contribution in [3.8, 4) is 0 Å². The van der Waals surface area contributed by atoms with Gasteiger partial charge in [0.05, 0.1) is 24.3 Å². The van der Waals surface area contributed by atoms with Gasteiger partial charge in [-0.2, -0.15) is 5.10 Å². The first-order valence-corrected chi connectivity index (χ1v) is 10.5. The fraction of sp³-hybridized carbons (Fsp3) is 0.320. The second-order valence-electron chi connectivity index (χ2n) is 7.75. The van der Waals surface area contributed by atoms with Crippen LogP contribution in [0.2, 0.25) is 0 Å². The van der Waals surface area contributed by atoms with Gasteiger partial charge in [0, 0.05) is 12.1 Å². The summed E-state index contributed by atoms with van der Waals surface area (Å²) in [6.45, 7) is 7.12. The quantitative estimate of drug-likeness (QED) is 0.423. The number of ether oxygens (including phenoxy) is 1. The summed E-state index contributed by atoms with van der Waals surface area (Å²) in [5.41, 5.74) is 5.97. The highest BCUT2D eigenvalue weighted by molar-refractivity contribution is 5.89. The van der Waals surface area contributed by atoms with Crippen molar-refractivity contribution >= 4 is 11.9 Å². The number of hydrogen-bond acceptors (Lipinski definition) is 4. The summed E-state index contributed by atoms with van der Waals surface area (Å²) in [6, 6.07) is 17.5. The monoisotopic (exact) mass is 419 g/mol. The molecule has 0 aliphatic carbocycles. The molecule has 1 heterocycles. The first-order valence-electron chi connectivity index (χ1n) is 10.5. The smallest absolute Gasteiger partial charge is 0.338 e. The third kappa shape index (κ3) is 6.81. The topological polar surface area (TPSA) is 73.2 Å².